The molecule has 0 radical (unpaired) electrons. The molecule has 0 aromatic heterocycles. The van der Waals surface area contributed by atoms with Crippen molar-refractivity contribution in [2.24, 2.45) is 0 Å². The molecular weight excluding hydrogens is 392 g/mol. The molecule has 2 atom stereocenters. The number of carboxylic acids is 1. The molecule has 0 bridgehead atoms. The van der Waals surface area contributed by atoms with E-state index in [0.717, 1.165) is 43.1 Å². The molecule has 0 spiro atoms. The Bertz CT molecular complexity index is 974. The fraction of sp³-hybridized carbons (Fsp3) is 0.320. The van der Waals surface area contributed by atoms with E-state index in [1.54, 1.807) is 0 Å². The van der Waals surface area contributed by atoms with Gasteiger partial charge in [0, 0.05) is 18.6 Å². The van der Waals surface area contributed by atoms with Crippen LogP contribution in [0, 0.1) is 0 Å². The van der Waals surface area contributed by atoms with Gasteiger partial charge in [-0.25, -0.2) is 4.48 Å². The Morgan fingerprint density at radius 3 is 2.65 bits per heavy atom. The van der Waals surface area contributed by atoms with Crippen LogP contribution in [0.15, 0.2) is 72.6 Å². The van der Waals surface area contributed by atoms with Gasteiger partial charge in [-0.15, -0.1) is 0 Å². The van der Waals surface area contributed by atoms with Crippen LogP contribution in [0.2, 0.25) is 0 Å². The molecule has 0 saturated carbocycles. The van der Waals surface area contributed by atoms with Gasteiger partial charge < -0.3 is 19.9 Å². The molecule has 0 fully saturated rings. The minimum Gasteiger partial charge on any atom is -0.481 e. The van der Waals surface area contributed by atoms with Gasteiger partial charge in [0.25, 0.3) is 6.23 Å². The summed E-state index contributed by atoms with van der Waals surface area (Å²) < 4.78 is 12.9. The predicted molar refractivity (Wildman–Crippen MR) is 122 cm³/mol. The number of carbonyl (C=O) groups is 1. The molecule has 2 aliphatic rings. The Balaban J connectivity index is 1.48. The van der Waals surface area contributed by atoms with E-state index in [2.05, 4.69) is 30.4 Å². The largest absolute Gasteiger partial charge is 0.481 e. The number of rotatable bonds is 9. The van der Waals surface area contributed by atoms with Crippen molar-refractivity contribution in [2.75, 3.05) is 18.4 Å². The summed E-state index contributed by atoms with van der Waals surface area (Å²) in [5.41, 5.74) is 2.15. The van der Waals surface area contributed by atoms with Gasteiger partial charge in [-0.05, 0) is 50.5 Å². The molecule has 0 amide bonds. The molecule has 2 aromatic rings. The van der Waals surface area contributed by atoms with Gasteiger partial charge in [-0.1, -0.05) is 30.3 Å². The summed E-state index contributed by atoms with van der Waals surface area (Å²) in [5, 5.41) is 12.1. The monoisotopic (exact) mass is 421 g/mol. The lowest BCUT2D eigenvalue weighted by Gasteiger charge is -2.35. The van der Waals surface area contributed by atoms with Crippen molar-refractivity contribution in [3.05, 3.63) is 72.6 Å². The summed E-state index contributed by atoms with van der Waals surface area (Å²) in [5.74, 6) is 1.70. The van der Waals surface area contributed by atoms with E-state index in [-0.39, 0.29) is 12.6 Å². The van der Waals surface area contributed by atoms with Crippen LogP contribution >= 0.6 is 0 Å². The number of anilines is 1. The third kappa shape index (κ3) is 4.44. The average molecular weight is 422 g/mol. The number of aliphatic carboxylic acids is 1. The zero-order valence-corrected chi connectivity index (χ0v) is 17.8. The van der Waals surface area contributed by atoms with Gasteiger partial charge >= 0.3 is 5.97 Å². The second-order valence-electron chi connectivity index (χ2n) is 7.89. The van der Waals surface area contributed by atoms with Crippen molar-refractivity contribution in [2.45, 2.75) is 38.8 Å². The SMILES string of the molecule is CC[N+]1(CCCCCC(=O)O)c2ccccc2OC1C=CC=C1Nc2ccccc2O1. The highest BCUT2D eigenvalue weighted by Crippen LogP contribution is 2.43. The molecule has 2 unspecified atom stereocenters. The van der Waals surface area contributed by atoms with E-state index in [1.807, 2.05) is 48.6 Å². The summed E-state index contributed by atoms with van der Waals surface area (Å²) in [6, 6.07) is 16.1. The highest BCUT2D eigenvalue weighted by Gasteiger charge is 2.45. The van der Waals surface area contributed by atoms with Gasteiger partial charge in [-0.3, -0.25) is 4.79 Å². The van der Waals surface area contributed by atoms with Crippen LogP contribution in [0.1, 0.15) is 32.6 Å². The number of carboxylic acid groups (broad SMARTS) is 1. The first-order valence-corrected chi connectivity index (χ1v) is 10.9. The highest BCUT2D eigenvalue weighted by atomic mass is 16.5. The van der Waals surface area contributed by atoms with Crippen molar-refractivity contribution >= 4 is 17.3 Å². The first-order valence-electron chi connectivity index (χ1n) is 10.9. The lowest BCUT2D eigenvalue weighted by molar-refractivity contribution is -0.137. The van der Waals surface area contributed by atoms with Crippen LogP contribution in [0.25, 0.3) is 0 Å². The van der Waals surface area contributed by atoms with E-state index in [1.165, 1.54) is 5.69 Å². The van der Waals surface area contributed by atoms with Crippen LogP contribution in [-0.2, 0) is 4.79 Å². The Morgan fingerprint density at radius 2 is 1.87 bits per heavy atom. The quantitative estimate of drug-likeness (QED) is 0.426. The van der Waals surface area contributed by atoms with Crippen LogP contribution in [0.3, 0.4) is 0 Å². The van der Waals surface area contributed by atoms with Crippen molar-refractivity contribution in [3.8, 4) is 11.5 Å². The number of fused-ring (bicyclic) bond motifs is 2. The number of ether oxygens (including phenoxy) is 2. The van der Waals surface area contributed by atoms with Crippen molar-refractivity contribution in [3.63, 3.8) is 0 Å². The second kappa shape index (κ2) is 9.27. The first kappa shape index (κ1) is 21.0. The highest BCUT2D eigenvalue weighted by molar-refractivity contribution is 5.66. The van der Waals surface area contributed by atoms with Crippen LogP contribution in [-0.4, -0.2) is 30.4 Å². The van der Waals surface area contributed by atoms with Crippen LogP contribution < -0.4 is 19.3 Å². The number of unbranched alkanes of at least 4 members (excludes halogenated alkanes) is 2. The third-order valence-electron chi connectivity index (χ3n) is 5.98. The molecule has 0 aliphatic carbocycles. The zero-order chi connectivity index (χ0) is 21.7. The Hall–Kier alpha value is -3.25. The lowest BCUT2D eigenvalue weighted by atomic mass is 10.1. The minimum absolute atomic E-state index is 0.137. The van der Waals surface area contributed by atoms with E-state index < -0.39 is 5.97 Å². The summed E-state index contributed by atoms with van der Waals surface area (Å²) >= 11 is 0. The van der Waals surface area contributed by atoms with Gasteiger partial charge in [-0.2, -0.15) is 0 Å². The molecule has 2 N–H and O–H groups in total. The summed E-state index contributed by atoms with van der Waals surface area (Å²) in [6.07, 6.45) is 8.63. The van der Waals surface area contributed by atoms with E-state index in [4.69, 9.17) is 14.6 Å². The molecule has 31 heavy (non-hydrogen) atoms. The molecule has 2 aromatic carbocycles. The Labute approximate surface area is 183 Å². The maximum absolute atomic E-state index is 10.8. The molecule has 4 rings (SSSR count). The Morgan fingerprint density at radius 1 is 1.10 bits per heavy atom. The number of hydrogen-bond donors (Lipinski definition) is 2. The van der Waals surface area contributed by atoms with Gasteiger partial charge in [0.15, 0.2) is 23.1 Å². The van der Waals surface area contributed by atoms with Crippen LogP contribution in [0.4, 0.5) is 11.4 Å². The average Bonchev–Trinajstić information content (AvgIpc) is 3.32. The molecule has 0 saturated heterocycles. The number of likely N-dealkylation sites (N-methyl/N-ethyl adjacent to an activating group) is 1. The van der Waals surface area contributed by atoms with Crippen molar-refractivity contribution in [1.29, 1.82) is 0 Å². The molecular formula is C25H29N2O4+. The maximum Gasteiger partial charge on any atom is 0.303 e. The summed E-state index contributed by atoms with van der Waals surface area (Å²) in [4.78, 5) is 10.8. The molecule has 162 valence electrons. The molecule has 6 nitrogen and oxygen atoms in total. The van der Waals surface area contributed by atoms with Crippen molar-refractivity contribution in [1.82, 2.24) is 4.48 Å². The number of hydrogen-bond acceptors (Lipinski definition) is 4. The fourth-order valence-corrected chi connectivity index (χ4v) is 4.35. The second-order valence-corrected chi connectivity index (χ2v) is 7.89. The molecule has 2 heterocycles. The number of quaternary nitrogens is 1. The zero-order valence-electron chi connectivity index (χ0n) is 17.8. The van der Waals surface area contributed by atoms with Gasteiger partial charge in [0.1, 0.15) is 0 Å². The topological polar surface area (TPSA) is 67.8 Å². The minimum atomic E-state index is -0.729. The smallest absolute Gasteiger partial charge is 0.303 e. The fourth-order valence-electron chi connectivity index (χ4n) is 4.35. The number of para-hydroxylation sites is 4. The van der Waals surface area contributed by atoms with Crippen molar-refractivity contribution < 1.29 is 19.4 Å². The number of benzene rings is 2. The number of allylic oxidation sites excluding steroid dienone is 2. The van der Waals surface area contributed by atoms with Gasteiger partial charge in [0.2, 0.25) is 0 Å². The summed E-state index contributed by atoms with van der Waals surface area (Å²) in [7, 11) is 0. The first-order chi connectivity index (χ1) is 15.1. The van der Waals surface area contributed by atoms with Gasteiger partial charge in [0.05, 0.1) is 18.8 Å². The van der Waals surface area contributed by atoms with E-state index >= 15 is 0 Å². The summed E-state index contributed by atoms with van der Waals surface area (Å²) in [6.45, 7) is 3.97. The number of nitrogens with one attached hydrogen (secondary N) is 1. The predicted octanol–water partition coefficient (Wildman–Crippen LogP) is 5.28. The number of nitrogens with zero attached hydrogens (tertiary/aromatic N) is 1. The maximum atomic E-state index is 10.8. The van der Waals surface area contributed by atoms with Crippen LogP contribution in [0.5, 0.6) is 11.5 Å². The van der Waals surface area contributed by atoms with E-state index in [0.29, 0.717) is 16.8 Å². The standard InChI is InChI=1S/C25H28N2O4/c1-2-27(18-9-3-4-17-25(28)29)20-12-6-8-14-22(20)31-24(27)16-10-15-23-26-19-11-5-7-13-21(19)30-23/h5-8,10-16,24,26H,2-4,9,17-18H2,1H3/p+1. The lowest BCUT2D eigenvalue weighted by Crippen LogP contribution is -2.55. The third-order valence-corrected chi connectivity index (χ3v) is 5.98. The van der Waals surface area contributed by atoms with E-state index in [9.17, 15) is 4.79 Å². The normalized spacial score (nSPS) is 22.6. The Kier molecular flexibility index (Phi) is 6.28. The molecule has 2 aliphatic heterocycles. The molecule has 6 heteroatoms.